The van der Waals surface area contributed by atoms with Gasteiger partial charge >= 0.3 is 0 Å². The Labute approximate surface area is 273 Å². The van der Waals surface area contributed by atoms with Gasteiger partial charge in [-0.25, -0.2) is 0 Å². The molecule has 6 fully saturated rings. The van der Waals surface area contributed by atoms with Crippen molar-refractivity contribution in [2.75, 3.05) is 6.54 Å². The summed E-state index contributed by atoms with van der Waals surface area (Å²) in [7, 11) is 0. The number of hydrogen-bond donors (Lipinski definition) is 0. The molecule has 7 nitrogen and oxygen atoms in total. The van der Waals surface area contributed by atoms with Gasteiger partial charge in [-0.15, -0.1) is 0 Å². The highest BCUT2D eigenvalue weighted by Gasteiger charge is 2.61. The number of carbonyl (C=O) groups excluding carboxylic acids is 4. The molecule has 0 aromatic rings. The number of allylic oxidation sites excluding steroid dienone is 4. The van der Waals surface area contributed by atoms with Crippen molar-refractivity contribution in [1.29, 1.82) is 0 Å². The monoisotopic (exact) mass is 625 g/mol. The van der Waals surface area contributed by atoms with Gasteiger partial charge in [0.2, 0.25) is 0 Å². The van der Waals surface area contributed by atoms with Gasteiger partial charge in [0.25, 0.3) is 0 Å². The predicted octanol–water partition coefficient (Wildman–Crippen LogP) is 8.63. The van der Waals surface area contributed by atoms with Gasteiger partial charge in [-0.1, -0.05) is 42.6 Å². The Hall–Kier alpha value is -2.79. The molecule has 8 rings (SSSR count). The van der Waals surface area contributed by atoms with Gasteiger partial charge in [-0.3, -0.25) is 19.2 Å². The Kier molecular flexibility index (Phi) is 7.70. The third-order valence-corrected chi connectivity index (χ3v) is 15.6. The highest BCUT2D eigenvalue weighted by Crippen LogP contribution is 2.66. The first-order chi connectivity index (χ1) is 21.9. The van der Waals surface area contributed by atoms with Crippen molar-refractivity contribution >= 4 is 23.1 Å². The average molecular weight is 626 g/mol. The first-order valence-corrected chi connectivity index (χ1v) is 18.1. The standard InChI is InChI=1S/C20H26O2.C19H25N3O2/c1-12-10-14(21)11-13-4-5-15-16-6-7-18(22)19(16,2)9-8-17(15)20(12,13)3;1-18-8-7-16-14(15(18)4-5-17(18)24)3-2-12-10-13(23)6-9-19(12,16)11-21-22-20/h10-11,15-17H,4-9H2,1-3H3;10,14-16H,2-9,11H2,1H3/t15-,16-,17-,19-,20-;14-,15-,16-,18-,19+/m00/s1. The highest BCUT2D eigenvalue weighted by atomic mass is 16.1. The van der Waals surface area contributed by atoms with Crippen molar-refractivity contribution in [3.8, 4) is 0 Å². The number of ketones is 4. The van der Waals surface area contributed by atoms with E-state index in [1.54, 1.807) is 0 Å². The number of rotatable bonds is 2. The van der Waals surface area contributed by atoms with Crippen LogP contribution in [0.1, 0.15) is 118 Å². The fraction of sp³-hybridized carbons (Fsp3) is 0.744. The summed E-state index contributed by atoms with van der Waals surface area (Å²) in [6.45, 7) is 9.37. The number of fused-ring (bicyclic) bond motifs is 10. The molecule has 0 N–H and O–H groups in total. The number of nitrogens with zero attached hydrogens (tertiary/aromatic N) is 3. The Balaban J connectivity index is 0.000000147. The zero-order valence-corrected chi connectivity index (χ0v) is 28.3. The molecule has 0 aromatic carbocycles. The van der Waals surface area contributed by atoms with Crippen LogP contribution in [0.25, 0.3) is 10.4 Å². The summed E-state index contributed by atoms with van der Waals surface area (Å²) in [4.78, 5) is 51.7. The molecular weight excluding hydrogens is 574 g/mol. The summed E-state index contributed by atoms with van der Waals surface area (Å²) in [6, 6.07) is 0. The largest absolute Gasteiger partial charge is 0.299 e. The lowest BCUT2D eigenvalue weighted by Gasteiger charge is -2.57. The van der Waals surface area contributed by atoms with Crippen LogP contribution in [0.4, 0.5) is 0 Å². The maximum atomic E-state index is 12.5. The van der Waals surface area contributed by atoms with Crippen molar-refractivity contribution in [1.82, 2.24) is 0 Å². The van der Waals surface area contributed by atoms with Crippen LogP contribution >= 0.6 is 0 Å². The molecule has 0 unspecified atom stereocenters. The quantitative estimate of drug-likeness (QED) is 0.173. The van der Waals surface area contributed by atoms with Gasteiger partial charge in [0.05, 0.1) is 0 Å². The van der Waals surface area contributed by atoms with Crippen molar-refractivity contribution in [2.24, 2.45) is 62.3 Å². The first kappa shape index (κ1) is 31.8. The molecule has 46 heavy (non-hydrogen) atoms. The third-order valence-electron chi connectivity index (χ3n) is 15.6. The summed E-state index contributed by atoms with van der Waals surface area (Å²) < 4.78 is 0. The second-order valence-electron chi connectivity index (χ2n) is 16.9. The van der Waals surface area contributed by atoms with E-state index in [0.29, 0.717) is 60.0 Å². The van der Waals surface area contributed by atoms with E-state index < -0.39 is 0 Å². The molecule has 0 aromatic heterocycles. The van der Waals surface area contributed by atoms with Gasteiger partial charge in [0.1, 0.15) is 11.6 Å². The zero-order chi connectivity index (χ0) is 32.6. The smallest absolute Gasteiger partial charge is 0.178 e. The minimum Gasteiger partial charge on any atom is -0.299 e. The maximum absolute atomic E-state index is 12.5. The van der Waals surface area contributed by atoms with Crippen LogP contribution in [0.15, 0.2) is 40.1 Å². The molecule has 0 radical (unpaired) electrons. The van der Waals surface area contributed by atoms with E-state index in [4.69, 9.17) is 5.53 Å². The van der Waals surface area contributed by atoms with Gasteiger partial charge in [-0.05, 0) is 137 Å². The van der Waals surface area contributed by atoms with Gasteiger partial charge in [0.15, 0.2) is 11.6 Å². The first-order valence-electron chi connectivity index (χ1n) is 18.1. The van der Waals surface area contributed by atoms with E-state index in [9.17, 15) is 19.2 Å². The summed E-state index contributed by atoms with van der Waals surface area (Å²) >= 11 is 0. The van der Waals surface area contributed by atoms with E-state index in [1.165, 1.54) is 23.1 Å². The molecule has 246 valence electrons. The molecule has 0 spiro atoms. The summed E-state index contributed by atoms with van der Waals surface area (Å²) in [5.41, 5.74) is 12.5. The molecule has 0 bridgehead atoms. The maximum Gasteiger partial charge on any atom is 0.178 e. The van der Waals surface area contributed by atoms with Crippen LogP contribution in [-0.2, 0) is 19.2 Å². The molecule has 0 saturated heterocycles. The van der Waals surface area contributed by atoms with Crippen molar-refractivity contribution in [3.63, 3.8) is 0 Å². The van der Waals surface area contributed by atoms with Gasteiger partial charge < -0.3 is 0 Å². The second kappa shape index (κ2) is 11.1. The molecule has 0 aliphatic heterocycles. The van der Waals surface area contributed by atoms with Crippen LogP contribution in [0.5, 0.6) is 0 Å². The Morgan fingerprint density at radius 2 is 1.28 bits per heavy atom. The van der Waals surface area contributed by atoms with Crippen molar-refractivity contribution in [2.45, 2.75) is 118 Å². The van der Waals surface area contributed by atoms with E-state index in [2.05, 4.69) is 37.7 Å². The van der Waals surface area contributed by atoms with Crippen molar-refractivity contribution in [3.05, 3.63) is 45.4 Å². The topological polar surface area (TPSA) is 117 Å². The van der Waals surface area contributed by atoms with E-state index in [-0.39, 0.29) is 33.2 Å². The molecule has 7 heteroatoms. The summed E-state index contributed by atoms with van der Waals surface area (Å²) in [5.74, 6) is 4.66. The predicted molar refractivity (Wildman–Crippen MR) is 176 cm³/mol. The average Bonchev–Trinajstić information content (AvgIpc) is 3.51. The fourth-order valence-electron chi connectivity index (χ4n) is 12.9. The van der Waals surface area contributed by atoms with Crippen LogP contribution in [0.3, 0.4) is 0 Å². The minimum atomic E-state index is -0.132. The SMILES string of the molecule is CC1=CC(=O)C=C2CC[C@@H]3[C@H](CC[C@]4(C)C(=O)CC[C@@H]34)[C@@]12C.C[C@]12CC[C@H]3[C@@H](CCC4=CC(=O)CC[C@@]43CN=[N+]=[N-])[C@@H]1CCC2=O. The highest BCUT2D eigenvalue weighted by molar-refractivity contribution is 6.02. The molecule has 6 saturated carbocycles. The lowest BCUT2D eigenvalue weighted by molar-refractivity contribution is -0.133. The lowest BCUT2D eigenvalue weighted by Crippen LogP contribution is -2.52. The number of Topliss-reactive ketones (excluding diaryl/α,β-unsaturated/α-hetero) is 2. The van der Waals surface area contributed by atoms with Crippen LogP contribution < -0.4 is 0 Å². The molecular formula is C39H51N3O4. The normalized spacial score (nSPS) is 45.6. The molecule has 0 amide bonds. The van der Waals surface area contributed by atoms with Crippen LogP contribution in [0, 0.1) is 57.2 Å². The molecule has 0 heterocycles. The Morgan fingerprint density at radius 1 is 0.696 bits per heavy atom. The summed E-state index contributed by atoms with van der Waals surface area (Å²) in [5, 5.41) is 3.97. The van der Waals surface area contributed by atoms with Crippen LogP contribution in [0.2, 0.25) is 0 Å². The van der Waals surface area contributed by atoms with E-state index in [0.717, 1.165) is 77.0 Å². The molecule has 8 aliphatic rings. The third kappa shape index (κ3) is 4.46. The molecule has 8 aliphatic carbocycles. The second-order valence-corrected chi connectivity index (χ2v) is 16.9. The number of hydrogen-bond acceptors (Lipinski definition) is 5. The van der Waals surface area contributed by atoms with Gasteiger partial charge in [-0.2, -0.15) is 0 Å². The minimum absolute atomic E-state index is 0.0547. The number of azide groups is 1. The Bertz CT molecular complexity index is 1530. The van der Waals surface area contributed by atoms with E-state index in [1.807, 2.05) is 18.2 Å². The lowest BCUT2D eigenvalue weighted by atomic mass is 9.47. The van der Waals surface area contributed by atoms with Crippen molar-refractivity contribution < 1.29 is 19.2 Å². The van der Waals surface area contributed by atoms with Gasteiger partial charge in [0, 0.05) is 52.4 Å². The summed E-state index contributed by atoms with van der Waals surface area (Å²) in [6.07, 6.45) is 19.0. The Morgan fingerprint density at radius 3 is 1.91 bits per heavy atom. The van der Waals surface area contributed by atoms with E-state index >= 15 is 0 Å². The number of carbonyl (C=O) groups is 4. The fourth-order valence-corrected chi connectivity index (χ4v) is 12.9. The van der Waals surface area contributed by atoms with Crippen LogP contribution in [-0.4, -0.2) is 29.7 Å². The zero-order valence-electron chi connectivity index (χ0n) is 28.3. The molecule has 10 atom stereocenters.